The van der Waals surface area contributed by atoms with E-state index < -0.39 is 0 Å². The van der Waals surface area contributed by atoms with Crippen molar-refractivity contribution in [2.75, 3.05) is 33.7 Å². The van der Waals surface area contributed by atoms with Crippen LogP contribution in [-0.4, -0.2) is 60.6 Å². The first-order chi connectivity index (χ1) is 11.5. The number of nitrogens with zero attached hydrogens (tertiary/aromatic N) is 3. The van der Waals surface area contributed by atoms with E-state index in [1.54, 1.807) is 0 Å². The van der Waals surface area contributed by atoms with E-state index >= 15 is 0 Å². The lowest BCUT2D eigenvalue weighted by atomic mass is 9.98. The Bertz CT molecular complexity index is 664. The third kappa shape index (κ3) is 3.70. The fraction of sp³-hybridized carbons (Fsp3) is 0.556. The fourth-order valence-corrected chi connectivity index (χ4v) is 2.96. The average molecular weight is 330 g/mol. The number of amides is 2. The number of oxazole rings is 1. The number of aromatic nitrogens is 1. The van der Waals surface area contributed by atoms with Gasteiger partial charge in [-0.3, -0.25) is 0 Å². The van der Waals surface area contributed by atoms with Gasteiger partial charge in [0, 0.05) is 25.7 Å². The minimum atomic E-state index is 0.00418. The second-order valence-corrected chi connectivity index (χ2v) is 6.80. The van der Waals surface area contributed by atoms with Crippen molar-refractivity contribution in [3.8, 4) is 0 Å². The lowest BCUT2D eigenvalue weighted by Gasteiger charge is -2.32. The molecule has 0 radical (unpaired) electrons. The smallest absolute Gasteiger partial charge is 0.317 e. The number of para-hydroxylation sites is 2. The van der Waals surface area contributed by atoms with E-state index in [1.807, 2.05) is 43.3 Å². The van der Waals surface area contributed by atoms with Crippen LogP contribution in [0.2, 0.25) is 0 Å². The van der Waals surface area contributed by atoms with E-state index in [9.17, 15) is 4.79 Å². The number of carbonyl (C=O) groups is 1. The highest BCUT2D eigenvalue weighted by Crippen LogP contribution is 2.28. The van der Waals surface area contributed by atoms with Gasteiger partial charge in [0.15, 0.2) is 11.5 Å². The fourth-order valence-electron chi connectivity index (χ4n) is 2.96. The molecular weight excluding hydrogens is 304 g/mol. The molecule has 6 nitrogen and oxygen atoms in total. The Labute approximate surface area is 142 Å². The molecule has 1 aliphatic rings. The maximum atomic E-state index is 12.4. The molecule has 0 aliphatic carbocycles. The second-order valence-electron chi connectivity index (χ2n) is 6.80. The Morgan fingerprint density at radius 3 is 3.00 bits per heavy atom. The van der Waals surface area contributed by atoms with Crippen LogP contribution >= 0.6 is 0 Å². The van der Waals surface area contributed by atoms with Crippen molar-refractivity contribution < 1.29 is 9.21 Å². The van der Waals surface area contributed by atoms with Crippen LogP contribution < -0.4 is 5.32 Å². The van der Waals surface area contributed by atoms with Crippen LogP contribution in [-0.2, 0) is 0 Å². The number of hydrogen-bond donors (Lipinski definition) is 1. The lowest BCUT2D eigenvalue weighted by Crippen LogP contribution is -2.48. The molecule has 1 N–H and O–H groups in total. The molecule has 0 saturated carbocycles. The Balaban J connectivity index is 1.62. The molecule has 0 bridgehead atoms. The summed E-state index contributed by atoms with van der Waals surface area (Å²) in [7, 11) is 4.03. The molecule has 6 heteroatoms. The van der Waals surface area contributed by atoms with Gasteiger partial charge >= 0.3 is 6.03 Å². The van der Waals surface area contributed by atoms with Gasteiger partial charge in [0.1, 0.15) is 5.52 Å². The first-order valence-electron chi connectivity index (χ1n) is 8.59. The summed E-state index contributed by atoms with van der Waals surface area (Å²) in [6.45, 7) is 4.20. The van der Waals surface area contributed by atoms with Crippen LogP contribution in [0.1, 0.15) is 31.6 Å². The highest BCUT2D eigenvalue weighted by atomic mass is 16.3. The molecular formula is C18H26N4O2. The molecule has 3 rings (SSSR count). The van der Waals surface area contributed by atoms with E-state index in [1.165, 1.54) is 0 Å². The lowest BCUT2D eigenvalue weighted by molar-refractivity contribution is 0.171. The summed E-state index contributed by atoms with van der Waals surface area (Å²) in [5.74, 6) is 0.915. The van der Waals surface area contributed by atoms with Crippen molar-refractivity contribution >= 4 is 17.1 Å². The van der Waals surface area contributed by atoms with Crippen LogP contribution in [0.5, 0.6) is 0 Å². The van der Waals surface area contributed by atoms with Gasteiger partial charge in [-0.1, -0.05) is 12.1 Å². The second kappa shape index (κ2) is 7.21. The molecule has 1 aliphatic heterocycles. The summed E-state index contributed by atoms with van der Waals surface area (Å²) in [6, 6.07) is 8.11. The van der Waals surface area contributed by atoms with E-state index in [4.69, 9.17) is 4.42 Å². The number of rotatable bonds is 4. The van der Waals surface area contributed by atoms with Crippen LogP contribution in [0.25, 0.3) is 11.1 Å². The summed E-state index contributed by atoms with van der Waals surface area (Å²) in [6.07, 6.45) is 1.98. The van der Waals surface area contributed by atoms with Gasteiger partial charge in [-0.15, -0.1) is 0 Å². The molecule has 2 heterocycles. The monoisotopic (exact) mass is 330 g/mol. The first kappa shape index (κ1) is 16.8. The SMILES string of the molecule is C[C@@H](CNC(=O)N1CCC[C@@H](c2nc3ccccc3o2)C1)N(C)C. The number of benzene rings is 1. The maximum absolute atomic E-state index is 12.4. The van der Waals surface area contributed by atoms with Crippen LogP contribution in [0.4, 0.5) is 4.79 Å². The predicted octanol–water partition coefficient (Wildman–Crippen LogP) is 2.67. The maximum Gasteiger partial charge on any atom is 0.317 e. The molecule has 1 aromatic carbocycles. The molecule has 2 atom stereocenters. The number of urea groups is 1. The van der Waals surface area contributed by atoms with Gasteiger partial charge in [0.2, 0.25) is 0 Å². The summed E-state index contributed by atoms with van der Waals surface area (Å²) in [5, 5.41) is 3.03. The summed E-state index contributed by atoms with van der Waals surface area (Å²) >= 11 is 0. The summed E-state index contributed by atoms with van der Waals surface area (Å²) in [5.41, 5.74) is 1.70. The third-order valence-corrected chi connectivity index (χ3v) is 4.80. The number of carbonyl (C=O) groups excluding carboxylic acids is 1. The Morgan fingerprint density at radius 2 is 2.25 bits per heavy atom. The molecule has 24 heavy (non-hydrogen) atoms. The van der Waals surface area contributed by atoms with Crippen LogP contribution in [0, 0.1) is 0 Å². The molecule has 1 saturated heterocycles. The molecule has 2 aromatic rings. The minimum absolute atomic E-state index is 0.00418. The molecule has 1 fully saturated rings. The molecule has 0 spiro atoms. The first-order valence-corrected chi connectivity index (χ1v) is 8.59. The van der Waals surface area contributed by atoms with Gasteiger partial charge in [-0.2, -0.15) is 0 Å². The largest absolute Gasteiger partial charge is 0.440 e. The van der Waals surface area contributed by atoms with Crippen molar-refractivity contribution in [2.24, 2.45) is 0 Å². The Morgan fingerprint density at radius 1 is 1.46 bits per heavy atom. The van der Waals surface area contributed by atoms with E-state index in [0.717, 1.165) is 36.4 Å². The topological polar surface area (TPSA) is 61.6 Å². The van der Waals surface area contributed by atoms with E-state index in [0.29, 0.717) is 19.1 Å². The standard InChI is InChI=1S/C18H26N4O2/c1-13(21(2)3)11-19-18(23)22-10-6-7-14(12-22)17-20-15-8-4-5-9-16(15)24-17/h4-5,8-9,13-14H,6-7,10-12H2,1-3H3,(H,19,23)/t13-,14+/m0/s1. The zero-order valence-electron chi connectivity index (χ0n) is 14.7. The number of fused-ring (bicyclic) bond motifs is 1. The van der Waals surface area contributed by atoms with Crippen molar-refractivity contribution in [3.05, 3.63) is 30.2 Å². The zero-order valence-corrected chi connectivity index (χ0v) is 14.7. The van der Waals surface area contributed by atoms with Gasteiger partial charge in [-0.25, -0.2) is 9.78 Å². The van der Waals surface area contributed by atoms with Crippen molar-refractivity contribution in [1.29, 1.82) is 0 Å². The van der Waals surface area contributed by atoms with Crippen molar-refractivity contribution in [3.63, 3.8) is 0 Å². The van der Waals surface area contributed by atoms with Gasteiger partial charge in [0.05, 0.1) is 5.92 Å². The molecule has 0 unspecified atom stereocenters. The average Bonchev–Trinajstić information content (AvgIpc) is 3.03. The third-order valence-electron chi connectivity index (χ3n) is 4.80. The van der Waals surface area contributed by atoms with Gasteiger partial charge in [0.25, 0.3) is 0 Å². The molecule has 130 valence electrons. The number of piperidine rings is 1. The van der Waals surface area contributed by atoms with Crippen molar-refractivity contribution in [1.82, 2.24) is 20.1 Å². The Kier molecular flexibility index (Phi) is 5.04. The van der Waals surface area contributed by atoms with Crippen LogP contribution in [0.15, 0.2) is 28.7 Å². The molecule has 2 amide bonds. The van der Waals surface area contributed by atoms with E-state index in [2.05, 4.69) is 22.1 Å². The summed E-state index contributed by atoms with van der Waals surface area (Å²) in [4.78, 5) is 21.0. The number of nitrogens with one attached hydrogen (secondary N) is 1. The van der Waals surface area contributed by atoms with Gasteiger partial charge in [-0.05, 0) is 46.0 Å². The highest BCUT2D eigenvalue weighted by Gasteiger charge is 2.28. The van der Waals surface area contributed by atoms with Crippen molar-refractivity contribution in [2.45, 2.75) is 31.7 Å². The highest BCUT2D eigenvalue weighted by molar-refractivity contribution is 5.74. The normalized spacial score (nSPS) is 19.7. The Hall–Kier alpha value is -2.08. The number of hydrogen-bond acceptors (Lipinski definition) is 4. The van der Waals surface area contributed by atoms with Gasteiger partial charge < -0.3 is 19.5 Å². The number of likely N-dealkylation sites (N-methyl/N-ethyl adjacent to an activating group) is 1. The number of likely N-dealkylation sites (tertiary alicyclic amines) is 1. The zero-order chi connectivity index (χ0) is 17.1. The minimum Gasteiger partial charge on any atom is -0.440 e. The predicted molar refractivity (Wildman–Crippen MR) is 94.1 cm³/mol. The molecule has 1 aromatic heterocycles. The van der Waals surface area contributed by atoms with E-state index in [-0.39, 0.29) is 11.9 Å². The quantitative estimate of drug-likeness (QED) is 0.936. The summed E-state index contributed by atoms with van der Waals surface area (Å²) < 4.78 is 5.89. The van der Waals surface area contributed by atoms with Crippen LogP contribution in [0.3, 0.4) is 0 Å².